The van der Waals surface area contributed by atoms with Crippen molar-refractivity contribution >= 4 is 29.7 Å². The maximum absolute atomic E-state index is 11.8. The Kier molecular flexibility index (Phi) is 6.12. The smallest absolute Gasteiger partial charge is 0.225 e. The Morgan fingerprint density at radius 1 is 1.61 bits per heavy atom. The first-order valence-electron chi connectivity index (χ1n) is 6.18. The van der Waals surface area contributed by atoms with Crippen molar-refractivity contribution in [1.82, 2.24) is 10.6 Å². The van der Waals surface area contributed by atoms with Crippen LogP contribution in [0.5, 0.6) is 0 Å². The van der Waals surface area contributed by atoms with E-state index in [1.165, 1.54) is 12.8 Å². The van der Waals surface area contributed by atoms with Gasteiger partial charge in [-0.15, -0.1) is 23.7 Å². The van der Waals surface area contributed by atoms with Crippen molar-refractivity contribution in [2.24, 2.45) is 5.41 Å². The third kappa shape index (κ3) is 4.59. The molecule has 0 radical (unpaired) electrons. The molecule has 1 saturated heterocycles. The third-order valence-corrected chi connectivity index (χ3v) is 4.19. The molecule has 102 valence electrons. The van der Waals surface area contributed by atoms with Gasteiger partial charge in [-0.3, -0.25) is 4.79 Å². The van der Waals surface area contributed by atoms with Crippen molar-refractivity contribution in [1.29, 1.82) is 0 Å². The minimum atomic E-state index is 0. The summed E-state index contributed by atoms with van der Waals surface area (Å²) in [5.41, 5.74) is 0.226. The number of piperidine rings is 1. The second-order valence-corrected chi connectivity index (χ2v) is 6.16. The highest BCUT2D eigenvalue weighted by molar-refractivity contribution is 7.10. The fourth-order valence-corrected chi connectivity index (χ4v) is 2.92. The number of halogens is 1. The summed E-state index contributed by atoms with van der Waals surface area (Å²) in [6.45, 7) is 5.14. The van der Waals surface area contributed by atoms with E-state index in [4.69, 9.17) is 0 Å². The highest BCUT2D eigenvalue weighted by atomic mass is 35.5. The van der Waals surface area contributed by atoms with Crippen molar-refractivity contribution in [3.05, 3.63) is 22.4 Å². The van der Waals surface area contributed by atoms with Crippen LogP contribution in [0.1, 0.15) is 24.6 Å². The van der Waals surface area contributed by atoms with E-state index in [1.54, 1.807) is 11.3 Å². The average Bonchev–Trinajstić information content (AvgIpc) is 2.80. The molecular formula is C13H21ClN2OS. The van der Waals surface area contributed by atoms with Gasteiger partial charge >= 0.3 is 0 Å². The molecule has 1 aliphatic rings. The average molecular weight is 289 g/mol. The normalized spacial score (nSPS) is 23.2. The molecule has 1 aromatic rings. The number of carbonyl (C=O) groups is 1. The van der Waals surface area contributed by atoms with Crippen LogP contribution in [0, 0.1) is 5.41 Å². The molecule has 1 atom stereocenters. The van der Waals surface area contributed by atoms with Gasteiger partial charge in [0.2, 0.25) is 5.91 Å². The standard InChI is InChI=1S/C13H20N2OS.ClH/c1-13(5-3-6-14-9-13)10-15-12(16)8-11-4-2-7-17-11;/h2,4,7,14H,3,5-6,8-10H2,1H3,(H,15,16);1H. The van der Waals surface area contributed by atoms with Gasteiger partial charge in [0.15, 0.2) is 0 Å². The molecule has 0 aliphatic carbocycles. The van der Waals surface area contributed by atoms with Crippen LogP contribution in [0.25, 0.3) is 0 Å². The van der Waals surface area contributed by atoms with Crippen LogP contribution in [0.15, 0.2) is 17.5 Å². The molecular weight excluding hydrogens is 268 g/mol. The van der Waals surface area contributed by atoms with Crippen LogP contribution in [-0.2, 0) is 11.2 Å². The first-order valence-corrected chi connectivity index (χ1v) is 7.06. The lowest BCUT2D eigenvalue weighted by Crippen LogP contribution is -2.45. The summed E-state index contributed by atoms with van der Waals surface area (Å²) in [7, 11) is 0. The minimum Gasteiger partial charge on any atom is -0.355 e. The lowest BCUT2D eigenvalue weighted by atomic mass is 9.83. The van der Waals surface area contributed by atoms with E-state index in [9.17, 15) is 4.79 Å². The molecule has 0 aromatic carbocycles. The number of carbonyl (C=O) groups excluding carboxylic acids is 1. The summed E-state index contributed by atoms with van der Waals surface area (Å²) in [6.07, 6.45) is 2.91. The second-order valence-electron chi connectivity index (χ2n) is 5.12. The highest BCUT2D eigenvalue weighted by Crippen LogP contribution is 2.24. The Bertz CT molecular complexity index is 361. The van der Waals surface area contributed by atoms with E-state index in [0.717, 1.165) is 24.5 Å². The molecule has 0 saturated carbocycles. The third-order valence-electron chi connectivity index (χ3n) is 3.31. The molecule has 3 nitrogen and oxygen atoms in total. The Morgan fingerprint density at radius 2 is 2.44 bits per heavy atom. The quantitative estimate of drug-likeness (QED) is 0.892. The monoisotopic (exact) mass is 288 g/mol. The number of thiophene rings is 1. The fourth-order valence-electron chi connectivity index (χ4n) is 2.22. The molecule has 2 N–H and O–H groups in total. The summed E-state index contributed by atoms with van der Waals surface area (Å²) >= 11 is 1.64. The van der Waals surface area contributed by atoms with Gasteiger partial charge in [0.25, 0.3) is 0 Å². The molecule has 18 heavy (non-hydrogen) atoms. The summed E-state index contributed by atoms with van der Waals surface area (Å²) in [6, 6.07) is 3.99. The summed E-state index contributed by atoms with van der Waals surface area (Å²) in [5, 5.41) is 8.46. The van der Waals surface area contributed by atoms with E-state index < -0.39 is 0 Å². The van der Waals surface area contributed by atoms with Crippen LogP contribution in [0.3, 0.4) is 0 Å². The molecule has 0 spiro atoms. The number of hydrogen-bond donors (Lipinski definition) is 2. The molecule has 1 aliphatic heterocycles. The lowest BCUT2D eigenvalue weighted by molar-refractivity contribution is -0.120. The molecule has 2 rings (SSSR count). The van der Waals surface area contributed by atoms with E-state index in [2.05, 4.69) is 17.6 Å². The van der Waals surface area contributed by atoms with Crippen LogP contribution in [0.2, 0.25) is 0 Å². The number of nitrogens with one attached hydrogen (secondary N) is 2. The summed E-state index contributed by atoms with van der Waals surface area (Å²) in [5.74, 6) is 0.138. The predicted molar refractivity (Wildman–Crippen MR) is 78.5 cm³/mol. The van der Waals surface area contributed by atoms with Crippen molar-refractivity contribution < 1.29 is 4.79 Å². The first-order chi connectivity index (χ1) is 8.18. The Balaban J connectivity index is 0.00000162. The first kappa shape index (κ1) is 15.5. The molecule has 1 amide bonds. The molecule has 2 heterocycles. The molecule has 1 unspecified atom stereocenters. The highest BCUT2D eigenvalue weighted by Gasteiger charge is 2.26. The lowest BCUT2D eigenvalue weighted by Gasteiger charge is -2.34. The zero-order chi connectivity index (χ0) is 12.1. The number of hydrogen-bond acceptors (Lipinski definition) is 3. The fraction of sp³-hybridized carbons (Fsp3) is 0.615. The molecule has 5 heteroatoms. The van der Waals surface area contributed by atoms with E-state index >= 15 is 0 Å². The summed E-state index contributed by atoms with van der Waals surface area (Å²) < 4.78 is 0. The van der Waals surface area contributed by atoms with Crippen LogP contribution < -0.4 is 10.6 Å². The maximum atomic E-state index is 11.8. The summed E-state index contributed by atoms with van der Waals surface area (Å²) in [4.78, 5) is 12.9. The van der Waals surface area contributed by atoms with Crippen molar-refractivity contribution in [2.45, 2.75) is 26.2 Å². The van der Waals surface area contributed by atoms with Crippen molar-refractivity contribution in [3.8, 4) is 0 Å². The van der Waals surface area contributed by atoms with E-state index in [0.29, 0.717) is 6.42 Å². The zero-order valence-corrected chi connectivity index (χ0v) is 12.3. The largest absolute Gasteiger partial charge is 0.355 e. The van der Waals surface area contributed by atoms with Gasteiger partial charge in [-0.25, -0.2) is 0 Å². The van der Waals surface area contributed by atoms with Gasteiger partial charge in [-0.1, -0.05) is 13.0 Å². The van der Waals surface area contributed by atoms with Crippen LogP contribution in [0.4, 0.5) is 0 Å². The molecule has 0 bridgehead atoms. The van der Waals surface area contributed by atoms with Gasteiger partial charge in [0.05, 0.1) is 6.42 Å². The van der Waals surface area contributed by atoms with E-state index in [1.807, 2.05) is 17.5 Å². The topological polar surface area (TPSA) is 41.1 Å². The van der Waals surface area contributed by atoms with E-state index in [-0.39, 0.29) is 23.7 Å². The Labute approximate surface area is 119 Å². The van der Waals surface area contributed by atoms with Crippen LogP contribution in [-0.4, -0.2) is 25.5 Å². The predicted octanol–water partition coefficient (Wildman–Crippen LogP) is 2.22. The SMILES string of the molecule is CC1(CNC(=O)Cc2cccs2)CCCNC1.Cl. The molecule has 1 fully saturated rings. The van der Waals surface area contributed by atoms with Gasteiger partial charge in [0, 0.05) is 18.0 Å². The van der Waals surface area contributed by atoms with Gasteiger partial charge in [0.1, 0.15) is 0 Å². The van der Waals surface area contributed by atoms with Crippen LogP contribution >= 0.6 is 23.7 Å². The van der Waals surface area contributed by atoms with Gasteiger partial charge in [-0.2, -0.15) is 0 Å². The van der Waals surface area contributed by atoms with Gasteiger partial charge in [-0.05, 0) is 36.2 Å². The second kappa shape index (κ2) is 7.12. The Morgan fingerprint density at radius 3 is 3.06 bits per heavy atom. The maximum Gasteiger partial charge on any atom is 0.225 e. The zero-order valence-electron chi connectivity index (χ0n) is 10.7. The molecule has 1 aromatic heterocycles. The Hall–Kier alpha value is -0.580. The number of amides is 1. The van der Waals surface area contributed by atoms with Crippen molar-refractivity contribution in [3.63, 3.8) is 0 Å². The van der Waals surface area contributed by atoms with Gasteiger partial charge < -0.3 is 10.6 Å². The van der Waals surface area contributed by atoms with Crippen molar-refractivity contribution in [2.75, 3.05) is 19.6 Å². The number of rotatable bonds is 4. The minimum absolute atomic E-state index is 0.